The van der Waals surface area contributed by atoms with Gasteiger partial charge in [-0.05, 0) is 19.9 Å². The summed E-state index contributed by atoms with van der Waals surface area (Å²) >= 11 is 0. The Hall–Kier alpha value is -0.380. The van der Waals surface area contributed by atoms with Crippen molar-refractivity contribution in [2.75, 3.05) is 26.8 Å². The van der Waals surface area contributed by atoms with Gasteiger partial charge in [0, 0.05) is 26.7 Å². The lowest BCUT2D eigenvalue weighted by atomic mass is 10.0. The highest BCUT2D eigenvalue weighted by Crippen LogP contribution is 2.07. The topological polar surface area (TPSA) is 41.5 Å². The zero-order valence-corrected chi connectivity index (χ0v) is 8.68. The van der Waals surface area contributed by atoms with Gasteiger partial charge >= 0.3 is 0 Å². The normalized spacial score (nSPS) is 15.3. The third-order valence-electron chi connectivity index (χ3n) is 1.88. The number of hydrogen-bond acceptors (Lipinski definition) is 3. The maximum atomic E-state index is 9.78. The Bertz CT molecular complexity index is 135. The van der Waals surface area contributed by atoms with Crippen LogP contribution >= 0.6 is 0 Å². The van der Waals surface area contributed by atoms with Gasteiger partial charge in [-0.25, -0.2) is 0 Å². The standard InChI is InChI=1S/C10H21NO2/c1-4-5-7-11-9-10(2,12)6-8-13-3/h4,11-12H,1,5-9H2,2-3H3. The molecule has 3 heteroatoms. The molecule has 1 unspecified atom stereocenters. The number of aliphatic hydroxyl groups is 1. The summed E-state index contributed by atoms with van der Waals surface area (Å²) < 4.78 is 4.90. The van der Waals surface area contributed by atoms with Gasteiger partial charge in [0.15, 0.2) is 0 Å². The van der Waals surface area contributed by atoms with Crippen molar-refractivity contribution < 1.29 is 9.84 Å². The Morgan fingerprint density at radius 2 is 2.31 bits per heavy atom. The molecule has 13 heavy (non-hydrogen) atoms. The van der Waals surface area contributed by atoms with Crippen LogP contribution < -0.4 is 5.32 Å². The van der Waals surface area contributed by atoms with E-state index in [1.165, 1.54) is 0 Å². The molecule has 0 heterocycles. The fourth-order valence-electron chi connectivity index (χ4n) is 0.972. The molecule has 0 fully saturated rings. The number of rotatable bonds is 8. The van der Waals surface area contributed by atoms with E-state index in [2.05, 4.69) is 11.9 Å². The van der Waals surface area contributed by atoms with Gasteiger partial charge in [-0.1, -0.05) is 6.08 Å². The molecular formula is C10H21NO2. The van der Waals surface area contributed by atoms with Gasteiger partial charge in [-0.3, -0.25) is 0 Å². The van der Waals surface area contributed by atoms with Gasteiger partial charge in [-0.2, -0.15) is 0 Å². The molecule has 0 aliphatic heterocycles. The first-order valence-electron chi connectivity index (χ1n) is 4.65. The molecular weight excluding hydrogens is 166 g/mol. The Balaban J connectivity index is 3.44. The average molecular weight is 187 g/mol. The Kier molecular flexibility index (Phi) is 6.86. The highest BCUT2D eigenvalue weighted by molar-refractivity contribution is 4.76. The lowest BCUT2D eigenvalue weighted by molar-refractivity contribution is 0.0252. The van der Waals surface area contributed by atoms with E-state index in [9.17, 15) is 5.11 Å². The van der Waals surface area contributed by atoms with Crippen molar-refractivity contribution in [2.24, 2.45) is 0 Å². The van der Waals surface area contributed by atoms with Crippen LogP contribution in [0.3, 0.4) is 0 Å². The van der Waals surface area contributed by atoms with Crippen molar-refractivity contribution in [2.45, 2.75) is 25.4 Å². The van der Waals surface area contributed by atoms with Gasteiger partial charge < -0.3 is 15.2 Å². The van der Waals surface area contributed by atoms with Gasteiger partial charge in [0.25, 0.3) is 0 Å². The van der Waals surface area contributed by atoms with E-state index in [1.54, 1.807) is 7.11 Å². The van der Waals surface area contributed by atoms with E-state index in [4.69, 9.17) is 4.74 Å². The SMILES string of the molecule is C=CCCNCC(C)(O)CCOC. The van der Waals surface area contributed by atoms with Crippen LogP contribution in [-0.2, 0) is 4.74 Å². The predicted molar refractivity (Wildman–Crippen MR) is 54.8 cm³/mol. The van der Waals surface area contributed by atoms with Crippen molar-refractivity contribution in [1.29, 1.82) is 0 Å². The minimum absolute atomic E-state index is 0.593. The van der Waals surface area contributed by atoms with Gasteiger partial charge in [0.2, 0.25) is 0 Å². The van der Waals surface area contributed by atoms with Crippen molar-refractivity contribution in [3.8, 4) is 0 Å². The maximum Gasteiger partial charge on any atom is 0.0765 e. The fraction of sp³-hybridized carbons (Fsp3) is 0.800. The van der Waals surface area contributed by atoms with E-state index in [0.29, 0.717) is 19.6 Å². The average Bonchev–Trinajstić information content (AvgIpc) is 2.09. The highest BCUT2D eigenvalue weighted by atomic mass is 16.5. The van der Waals surface area contributed by atoms with Crippen LogP contribution in [0.5, 0.6) is 0 Å². The summed E-state index contributed by atoms with van der Waals surface area (Å²) in [4.78, 5) is 0. The molecule has 0 aromatic rings. The summed E-state index contributed by atoms with van der Waals surface area (Å²) in [7, 11) is 1.64. The van der Waals surface area contributed by atoms with Gasteiger partial charge in [0.1, 0.15) is 0 Å². The molecule has 0 aliphatic carbocycles. The second kappa shape index (κ2) is 7.06. The zero-order chi connectivity index (χ0) is 10.2. The monoisotopic (exact) mass is 187 g/mol. The zero-order valence-electron chi connectivity index (χ0n) is 8.68. The largest absolute Gasteiger partial charge is 0.389 e. The molecule has 0 bridgehead atoms. The van der Waals surface area contributed by atoms with Crippen molar-refractivity contribution >= 4 is 0 Å². The summed E-state index contributed by atoms with van der Waals surface area (Å²) in [5.74, 6) is 0. The fourth-order valence-corrected chi connectivity index (χ4v) is 0.972. The van der Waals surface area contributed by atoms with E-state index in [-0.39, 0.29) is 0 Å². The molecule has 0 aromatic heterocycles. The number of hydrogen-bond donors (Lipinski definition) is 2. The summed E-state index contributed by atoms with van der Waals surface area (Å²) in [6.45, 7) is 7.50. The van der Waals surface area contributed by atoms with Crippen molar-refractivity contribution in [1.82, 2.24) is 5.32 Å². The Morgan fingerprint density at radius 1 is 1.62 bits per heavy atom. The lowest BCUT2D eigenvalue weighted by Gasteiger charge is -2.23. The number of methoxy groups -OCH3 is 1. The van der Waals surface area contributed by atoms with Crippen molar-refractivity contribution in [3.05, 3.63) is 12.7 Å². The third kappa shape index (κ3) is 7.96. The molecule has 0 spiro atoms. The molecule has 0 aromatic carbocycles. The van der Waals surface area contributed by atoms with Crippen LogP contribution in [0.2, 0.25) is 0 Å². The first kappa shape index (κ1) is 12.6. The molecule has 0 saturated carbocycles. The highest BCUT2D eigenvalue weighted by Gasteiger charge is 2.18. The van der Waals surface area contributed by atoms with E-state index in [1.807, 2.05) is 13.0 Å². The summed E-state index contributed by atoms with van der Waals surface area (Å²) in [6, 6.07) is 0. The second-order valence-corrected chi connectivity index (χ2v) is 3.49. The molecule has 0 saturated heterocycles. The van der Waals surface area contributed by atoms with Crippen molar-refractivity contribution in [3.63, 3.8) is 0 Å². The van der Waals surface area contributed by atoms with Crippen LogP contribution in [0.25, 0.3) is 0 Å². The molecule has 78 valence electrons. The smallest absolute Gasteiger partial charge is 0.0765 e. The van der Waals surface area contributed by atoms with Gasteiger partial charge in [-0.15, -0.1) is 6.58 Å². The minimum atomic E-state index is -0.669. The molecule has 0 rings (SSSR count). The molecule has 0 aliphatic rings. The third-order valence-corrected chi connectivity index (χ3v) is 1.88. The van der Waals surface area contributed by atoms with Gasteiger partial charge in [0.05, 0.1) is 5.60 Å². The predicted octanol–water partition coefficient (Wildman–Crippen LogP) is 0.940. The first-order chi connectivity index (χ1) is 6.12. The Morgan fingerprint density at radius 3 is 2.85 bits per heavy atom. The molecule has 0 radical (unpaired) electrons. The molecule has 3 nitrogen and oxygen atoms in total. The quantitative estimate of drug-likeness (QED) is 0.439. The lowest BCUT2D eigenvalue weighted by Crippen LogP contribution is -2.39. The minimum Gasteiger partial charge on any atom is -0.389 e. The molecule has 1 atom stereocenters. The van der Waals surface area contributed by atoms with E-state index in [0.717, 1.165) is 13.0 Å². The van der Waals surface area contributed by atoms with E-state index < -0.39 is 5.60 Å². The van der Waals surface area contributed by atoms with Crippen LogP contribution in [-0.4, -0.2) is 37.5 Å². The first-order valence-corrected chi connectivity index (χ1v) is 4.65. The summed E-state index contributed by atoms with van der Waals surface area (Å²) in [6.07, 6.45) is 3.45. The molecule has 0 amide bonds. The van der Waals surface area contributed by atoms with E-state index >= 15 is 0 Å². The molecule has 2 N–H and O–H groups in total. The number of nitrogens with one attached hydrogen (secondary N) is 1. The second-order valence-electron chi connectivity index (χ2n) is 3.49. The maximum absolute atomic E-state index is 9.78. The van der Waals surface area contributed by atoms with Crippen LogP contribution in [0.15, 0.2) is 12.7 Å². The summed E-state index contributed by atoms with van der Waals surface area (Å²) in [5, 5.41) is 12.9. The van der Waals surface area contributed by atoms with Crippen LogP contribution in [0.1, 0.15) is 19.8 Å². The summed E-state index contributed by atoms with van der Waals surface area (Å²) in [5.41, 5.74) is -0.669. The Labute approximate surface area is 80.8 Å². The number of ether oxygens (including phenoxy) is 1. The van der Waals surface area contributed by atoms with Crippen LogP contribution in [0.4, 0.5) is 0 Å². The van der Waals surface area contributed by atoms with Crippen LogP contribution in [0, 0.1) is 0 Å².